The molecule has 4 fully saturated rings. The Balaban J connectivity index is 1.53. The van der Waals surface area contributed by atoms with Gasteiger partial charge >= 0.3 is 0 Å². The highest BCUT2D eigenvalue weighted by Crippen LogP contribution is 2.43. The Morgan fingerprint density at radius 1 is 1.04 bits per heavy atom. The average Bonchev–Trinajstić information content (AvgIpc) is 2.93. The number of nitrogens with zero attached hydrogens (tertiary/aromatic N) is 3. The topological polar surface area (TPSA) is 74.5 Å². The van der Waals surface area contributed by atoms with Gasteiger partial charge in [-0.2, -0.15) is 0 Å². The van der Waals surface area contributed by atoms with Crippen LogP contribution in [0.3, 0.4) is 0 Å². The van der Waals surface area contributed by atoms with E-state index in [0.717, 1.165) is 39.3 Å². The third-order valence-corrected chi connectivity index (χ3v) is 6.43. The van der Waals surface area contributed by atoms with Gasteiger partial charge in [0.15, 0.2) is 0 Å². The fraction of sp³-hybridized carbons (Fsp3) is 0.429. The van der Waals surface area contributed by atoms with E-state index in [2.05, 4.69) is 50.4 Å². The average molecular weight is 363 g/mol. The Morgan fingerprint density at radius 3 is 2.41 bits per heavy atom. The number of fused-ring (bicyclic) bond motifs is 1. The van der Waals surface area contributed by atoms with Crippen LogP contribution in [0.25, 0.3) is 0 Å². The maximum absolute atomic E-state index is 13.0. The number of nitrogens with two attached hydrogens (primary N) is 1. The summed E-state index contributed by atoms with van der Waals surface area (Å²) >= 11 is 0. The van der Waals surface area contributed by atoms with Crippen molar-refractivity contribution in [2.45, 2.75) is 11.5 Å². The quantitative estimate of drug-likeness (QED) is 0.850. The molecule has 140 valence electrons. The summed E-state index contributed by atoms with van der Waals surface area (Å²) < 4.78 is 0. The van der Waals surface area contributed by atoms with E-state index < -0.39 is 0 Å². The molecular formula is C21H25N5O. The lowest BCUT2D eigenvalue weighted by Crippen LogP contribution is -2.70. The predicted molar refractivity (Wildman–Crippen MR) is 104 cm³/mol. The Morgan fingerprint density at radius 2 is 1.74 bits per heavy atom. The lowest BCUT2D eigenvalue weighted by atomic mass is 9.64. The SMILES string of the molecule is Nc1cccc(C(=O)NC2C3CN4CCN(C3)CC2(c2ccccc2)C4)n1. The smallest absolute Gasteiger partial charge is 0.270 e. The molecule has 4 saturated heterocycles. The van der Waals surface area contributed by atoms with E-state index in [-0.39, 0.29) is 17.4 Å². The van der Waals surface area contributed by atoms with Crippen molar-refractivity contribution in [2.24, 2.45) is 5.92 Å². The Labute approximate surface area is 159 Å². The maximum Gasteiger partial charge on any atom is 0.270 e. The molecule has 0 aliphatic carbocycles. The summed E-state index contributed by atoms with van der Waals surface area (Å²) in [5.74, 6) is 0.665. The zero-order valence-corrected chi connectivity index (χ0v) is 15.3. The second-order valence-electron chi connectivity index (χ2n) is 8.15. The zero-order chi connectivity index (χ0) is 18.4. The molecule has 5 heterocycles. The van der Waals surface area contributed by atoms with E-state index >= 15 is 0 Å². The largest absolute Gasteiger partial charge is 0.384 e. The van der Waals surface area contributed by atoms with Gasteiger partial charge in [-0.25, -0.2) is 4.98 Å². The molecule has 6 heteroatoms. The number of hydrogen-bond acceptors (Lipinski definition) is 5. The van der Waals surface area contributed by atoms with Gasteiger partial charge in [-0.05, 0) is 17.7 Å². The minimum absolute atomic E-state index is 0.0884. The number of piperidine rings is 2. The van der Waals surface area contributed by atoms with Crippen LogP contribution in [0.5, 0.6) is 0 Å². The number of pyridine rings is 1. The highest BCUT2D eigenvalue weighted by molar-refractivity contribution is 5.93. The van der Waals surface area contributed by atoms with Crippen molar-refractivity contribution in [3.8, 4) is 0 Å². The number of carbonyl (C=O) groups excluding carboxylic acids is 1. The zero-order valence-electron chi connectivity index (χ0n) is 15.3. The summed E-state index contributed by atoms with van der Waals surface area (Å²) in [6.07, 6.45) is 0. The van der Waals surface area contributed by atoms with E-state index in [1.54, 1.807) is 18.2 Å². The minimum atomic E-state index is -0.126. The van der Waals surface area contributed by atoms with Crippen molar-refractivity contribution in [1.29, 1.82) is 0 Å². The van der Waals surface area contributed by atoms with Gasteiger partial charge in [-0.3, -0.25) is 4.79 Å². The van der Waals surface area contributed by atoms with Gasteiger partial charge in [0.25, 0.3) is 5.91 Å². The number of anilines is 1. The van der Waals surface area contributed by atoms with Crippen LogP contribution < -0.4 is 11.1 Å². The van der Waals surface area contributed by atoms with Gasteiger partial charge in [0.2, 0.25) is 0 Å². The summed E-state index contributed by atoms with van der Waals surface area (Å²) in [6, 6.07) is 16.0. The first kappa shape index (κ1) is 16.7. The number of amides is 1. The molecule has 4 aliphatic heterocycles. The molecular weight excluding hydrogens is 338 g/mol. The highest BCUT2D eigenvalue weighted by Gasteiger charge is 2.55. The molecule has 2 aromatic rings. The first-order valence-electron chi connectivity index (χ1n) is 9.68. The molecule has 4 aliphatic rings. The molecule has 0 spiro atoms. The van der Waals surface area contributed by atoms with Crippen molar-refractivity contribution in [1.82, 2.24) is 20.1 Å². The fourth-order valence-corrected chi connectivity index (χ4v) is 5.36. The summed E-state index contributed by atoms with van der Waals surface area (Å²) in [6.45, 7) is 6.28. The Hall–Kier alpha value is -2.44. The van der Waals surface area contributed by atoms with Crippen LogP contribution in [0.15, 0.2) is 48.5 Å². The van der Waals surface area contributed by atoms with Crippen LogP contribution in [0.1, 0.15) is 16.1 Å². The summed E-state index contributed by atoms with van der Waals surface area (Å²) in [4.78, 5) is 22.4. The lowest BCUT2D eigenvalue weighted by molar-refractivity contribution is 0.0179. The molecule has 1 amide bonds. The minimum Gasteiger partial charge on any atom is -0.384 e. The Kier molecular flexibility index (Phi) is 3.91. The van der Waals surface area contributed by atoms with Crippen LogP contribution >= 0.6 is 0 Å². The van der Waals surface area contributed by atoms with Gasteiger partial charge in [0.05, 0.1) is 0 Å². The second kappa shape index (κ2) is 6.32. The van der Waals surface area contributed by atoms with Crippen molar-refractivity contribution in [3.63, 3.8) is 0 Å². The van der Waals surface area contributed by atoms with Gasteiger partial charge in [-0.1, -0.05) is 36.4 Å². The maximum atomic E-state index is 13.0. The van der Waals surface area contributed by atoms with Crippen LogP contribution in [0.2, 0.25) is 0 Å². The molecule has 6 rings (SSSR count). The van der Waals surface area contributed by atoms with Crippen molar-refractivity contribution in [2.75, 3.05) is 45.0 Å². The molecule has 0 radical (unpaired) electrons. The van der Waals surface area contributed by atoms with Crippen molar-refractivity contribution in [3.05, 3.63) is 59.8 Å². The molecule has 1 aromatic carbocycles. The number of hydrogen-bond donors (Lipinski definition) is 2. The predicted octanol–water partition coefficient (Wildman–Crippen LogP) is 0.961. The first-order chi connectivity index (χ1) is 13.1. The number of nitrogen functional groups attached to an aromatic ring is 1. The highest BCUT2D eigenvalue weighted by atomic mass is 16.2. The van der Waals surface area contributed by atoms with E-state index in [0.29, 0.717) is 17.4 Å². The second-order valence-corrected chi connectivity index (χ2v) is 8.15. The number of rotatable bonds is 3. The van der Waals surface area contributed by atoms with Gasteiger partial charge < -0.3 is 20.9 Å². The molecule has 1 aromatic heterocycles. The van der Waals surface area contributed by atoms with E-state index in [4.69, 9.17) is 5.73 Å². The van der Waals surface area contributed by atoms with Crippen LogP contribution in [0, 0.1) is 5.92 Å². The van der Waals surface area contributed by atoms with Gasteiger partial charge in [0.1, 0.15) is 11.5 Å². The lowest BCUT2D eigenvalue weighted by Gasteiger charge is -2.55. The number of nitrogens with one attached hydrogen (secondary N) is 1. The van der Waals surface area contributed by atoms with Gasteiger partial charge in [0, 0.05) is 56.6 Å². The third kappa shape index (κ3) is 2.80. The summed E-state index contributed by atoms with van der Waals surface area (Å²) in [7, 11) is 0. The number of carbonyl (C=O) groups is 1. The Bertz CT molecular complexity index is 839. The van der Waals surface area contributed by atoms with Crippen LogP contribution in [-0.2, 0) is 5.41 Å². The van der Waals surface area contributed by atoms with Crippen molar-refractivity contribution >= 4 is 11.7 Å². The molecule has 6 nitrogen and oxygen atoms in total. The first-order valence-corrected chi connectivity index (χ1v) is 9.68. The molecule has 3 unspecified atom stereocenters. The van der Waals surface area contributed by atoms with E-state index in [9.17, 15) is 4.79 Å². The van der Waals surface area contributed by atoms with E-state index in [1.807, 2.05) is 0 Å². The molecule has 27 heavy (non-hydrogen) atoms. The molecule has 4 bridgehead atoms. The van der Waals surface area contributed by atoms with Crippen LogP contribution in [-0.4, -0.2) is 66.0 Å². The normalized spacial score (nSPS) is 34.2. The molecule has 3 N–H and O–H groups in total. The monoisotopic (exact) mass is 363 g/mol. The molecule has 3 atom stereocenters. The standard InChI is InChI=1S/C21H25N5O/c22-18-8-4-7-17(23-18)20(27)24-19-15-11-25-9-10-26(12-15)14-21(19,13-25)16-5-2-1-3-6-16/h1-8,15,19H,9-14H2,(H2,22,23)(H,24,27). The summed E-state index contributed by atoms with van der Waals surface area (Å²) in [5, 5.41) is 3.36. The molecule has 0 saturated carbocycles. The number of benzene rings is 1. The third-order valence-electron chi connectivity index (χ3n) is 6.43. The van der Waals surface area contributed by atoms with Gasteiger partial charge in [-0.15, -0.1) is 0 Å². The van der Waals surface area contributed by atoms with Crippen LogP contribution in [0.4, 0.5) is 5.82 Å². The fourth-order valence-electron chi connectivity index (χ4n) is 5.36. The van der Waals surface area contributed by atoms with E-state index in [1.165, 1.54) is 5.56 Å². The number of aromatic nitrogens is 1. The summed E-state index contributed by atoms with van der Waals surface area (Å²) in [5.41, 5.74) is 7.40. The van der Waals surface area contributed by atoms with Crippen molar-refractivity contribution < 1.29 is 4.79 Å².